The van der Waals surface area contributed by atoms with E-state index in [1.165, 1.54) is 11.8 Å². The molecule has 10 rings (SSSR count). The van der Waals surface area contributed by atoms with Gasteiger partial charge in [0, 0.05) is 66.5 Å². The van der Waals surface area contributed by atoms with E-state index in [4.69, 9.17) is 21.1 Å². The number of phenols is 1. The van der Waals surface area contributed by atoms with Crippen LogP contribution in [0.5, 0.6) is 11.8 Å². The fraction of sp³-hybridized carbons (Fsp3) is 0.405. The lowest BCUT2D eigenvalue weighted by Gasteiger charge is -2.35. The Balaban J connectivity index is 1.08. The van der Waals surface area contributed by atoms with Crippen LogP contribution in [0.4, 0.5) is 10.2 Å². The number of nitrogens with one attached hydrogen (secondary N) is 1. The normalized spacial score (nSPS) is 27.4. The lowest BCUT2D eigenvalue weighted by molar-refractivity contribution is 0.0834. The van der Waals surface area contributed by atoms with E-state index in [9.17, 15) is 5.11 Å². The van der Waals surface area contributed by atoms with Crippen molar-refractivity contribution >= 4 is 27.5 Å². The van der Waals surface area contributed by atoms with E-state index in [0.717, 1.165) is 58.3 Å². The number of nitrogens with zero attached hydrogens (tertiary/aromatic N) is 7. The molecule has 4 unspecified atom stereocenters. The maximum absolute atomic E-state index is 17.0. The third-order valence-corrected chi connectivity index (χ3v) is 11.5. The third-order valence-electron chi connectivity index (χ3n) is 11.5. The molecule has 5 atom stereocenters. The zero-order valence-corrected chi connectivity index (χ0v) is 26.4. The van der Waals surface area contributed by atoms with Crippen molar-refractivity contribution in [3.63, 3.8) is 0 Å². The maximum Gasteiger partial charge on any atom is 0.319 e. The summed E-state index contributed by atoms with van der Waals surface area (Å²) in [7, 11) is 0. The molecule has 2 N–H and O–H groups in total. The Morgan fingerprint density at radius 3 is 2.85 bits per heavy atom. The van der Waals surface area contributed by atoms with Gasteiger partial charge in [-0.1, -0.05) is 18.1 Å². The Labute approximate surface area is 276 Å². The van der Waals surface area contributed by atoms with E-state index in [1.807, 2.05) is 24.4 Å². The largest absolute Gasteiger partial charge is 0.508 e. The van der Waals surface area contributed by atoms with E-state index < -0.39 is 5.82 Å². The SMILES string of the molecule is C#Cc1cccc2cc(O)cc(-c3ncc4c(N5CC6CCC(C5)N6)nc(OCC56CCCN5C5c7ccnn7C[C@@H]5C6)nc4c3F)c12. The molecule has 0 spiro atoms. The number of anilines is 1. The second-order valence-corrected chi connectivity index (χ2v) is 14.3. The van der Waals surface area contributed by atoms with E-state index in [0.29, 0.717) is 63.8 Å². The van der Waals surface area contributed by atoms with Gasteiger partial charge in [0.15, 0.2) is 5.82 Å². The predicted octanol–water partition coefficient (Wildman–Crippen LogP) is 4.80. The first-order chi connectivity index (χ1) is 23.5. The number of fused-ring (bicyclic) bond motifs is 9. The number of hydrogen-bond acceptors (Lipinski definition) is 9. The molecule has 0 aliphatic carbocycles. The zero-order valence-electron chi connectivity index (χ0n) is 26.4. The van der Waals surface area contributed by atoms with Crippen molar-refractivity contribution in [2.45, 2.75) is 62.3 Å². The van der Waals surface area contributed by atoms with Crippen LogP contribution >= 0.6 is 0 Å². The molecule has 11 heteroatoms. The van der Waals surface area contributed by atoms with Gasteiger partial charge in [-0.3, -0.25) is 14.6 Å². The molecule has 48 heavy (non-hydrogen) atoms. The number of phenolic OH excluding ortho intramolecular Hbond substituents is 1. The molecule has 5 aliphatic heterocycles. The van der Waals surface area contributed by atoms with Crippen molar-refractivity contribution < 1.29 is 14.2 Å². The van der Waals surface area contributed by atoms with Gasteiger partial charge in [-0.05, 0) is 68.3 Å². The second-order valence-electron chi connectivity index (χ2n) is 14.3. The number of ether oxygens (including phenoxy) is 1. The second kappa shape index (κ2) is 10.4. The van der Waals surface area contributed by atoms with Gasteiger partial charge in [-0.15, -0.1) is 6.42 Å². The molecule has 5 aliphatic rings. The Bertz CT molecular complexity index is 2170. The van der Waals surface area contributed by atoms with Gasteiger partial charge in [0.2, 0.25) is 0 Å². The lowest BCUT2D eigenvalue weighted by atomic mass is 9.90. The fourth-order valence-corrected chi connectivity index (χ4v) is 9.62. The number of hydrogen-bond donors (Lipinski definition) is 2. The maximum atomic E-state index is 17.0. The van der Waals surface area contributed by atoms with Crippen molar-refractivity contribution in [3.05, 3.63) is 65.9 Å². The first kappa shape index (κ1) is 28.2. The smallest absolute Gasteiger partial charge is 0.319 e. The van der Waals surface area contributed by atoms with Gasteiger partial charge < -0.3 is 20.1 Å². The van der Waals surface area contributed by atoms with E-state index in [-0.39, 0.29) is 28.5 Å². The molecule has 5 aromatic rings. The molecule has 8 heterocycles. The van der Waals surface area contributed by atoms with Gasteiger partial charge in [-0.2, -0.15) is 15.1 Å². The van der Waals surface area contributed by atoms with Crippen molar-refractivity contribution in [1.29, 1.82) is 0 Å². The number of aromatic nitrogens is 5. The summed E-state index contributed by atoms with van der Waals surface area (Å²) in [5, 5.41) is 20.8. The first-order valence-corrected chi connectivity index (χ1v) is 17.0. The van der Waals surface area contributed by atoms with Crippen molar-refractivity contribution in [2.75, 3.05) is 31.1 Å². The molecule has 242 valence electrons. The molecule has 4 saturated heterocycles. The average molecular weight is 643 g/mol. The molecule has 0 radical (unpaired) electrons. The summed E-state index contributed by atoms with van der Waals surface area (Å²) in [6.45, 7) is 3.92. The standard InChI is InChI=1S/C37H35FN8O2/c1-2-21-5-3-6-22-13-26(47)14-27(30(21)22)32-31(38)33-28(16-39-32)35(44-18-24-7-8-25(19-44)41-24)43-36(42-33)48-20-37-10-4-12-45(37)34-23(15-37)17-46-29(34)9-11-40-46/h1,3,5-6,9,11,13-14,16,23-25,34,41,47H,4,7-8,10,12,15,17-20H2/t23-,24?,25?,34?,37?/m0/s1. The van der Waals surface area contributed by atoms with Crippen LogP contribution < -0.4 is 15.0 Å². The number of halogens is 1. The summed E-state index contributed by atoms with van der Waals surface area (Å²) in [6.07, 6.45) is 14.8. The van der Waals surface area contributed by atoms with E-state index in [1.54, 1.807) is 12.3 Å². The van der Waals surface area contributed by atoms with Gasteiger partial charge in [0.1, 0.15) is 29.4 Å². The molecule has 2 bridgehead atoms. The van der Waals surface area contributed by atoms with Gasteiger partial charge in [0.25, 0.3) is 0 Å². The Hall–Kier alpha value is -4.79. The number of terminal acetylenes is 1. The monoisotopic (exact) mass is 642 g/mol. The average Bonchev–Trinajstić information content (AvgIpc) is 3.90. The highest BCUT2D eigenvalue weighted by Crippen LogP contribution is 2.55. The number of aromatic hydroxyl groups is 1. The summed E-state index contributed by atoms with van der Waals surface area (Å²) in [5.41, 5.74) is 2.40. The number of rotatable bonds is 5. The summed E-state index contributed by atoms with van der Waals surface area (Å²) < 4.78 is 25.7. The minimum atomic E-state index is -0.595. The molecule has 0 saturated carbocycles. The van der Waals surface area contributed by atoms with E-state index >= 15 is 4.39 Å². The molecule has 0 amide bonds. The van der Waals surface area contributed by atoms with Gasteiger partial charge >= 0.3 is 6.01 Å². The Morgan fingerprint density at radius 1 is 1.12 bits per heavy atom. The topological polar surface area (TPSA) is 104 Å². The quantitative estimate of drug-likeness (QED) is 0.262. The van der Waals surface area contributed by atoms with Crippen molar-refractivity contribution in [1.82, 2.24) is 34.9 Å². The van der Waals surface area contributed by atoms with Gasteiger partial charge in [-0.25, -0.2) is 4.39 Å². The molecule has 3 aromatic heterocycles. The third kappa shape index (κ3) is 4.12. The van der Waals surface area contributed by atoms with Crippen molar-refractivity contribution in [2.24, 2.45) is 5.92 Å². The summed E-state index contributed by atoms with van der Waals surface area (Å²) in [4.78, 5) is 19.2. The van der Waals surface area contributed by atoms with Crippen LogP contribution in [-0.2, 0) is 6.54 Å². The highest BCUT2D eigenvalue weighted by Gasteiger charge is 2.57. The number of pyridine rings is 1. The highest BCUT2D eigenvalue weighted by atomic mass is 19.1. The van der Waals surface area contributed by atoms with Crippen LogP contribution in [0, 0.1) is 24.1 Å². The first-order valence-electron chi connectivity index (χ1n) is 17.0. The van der Waals surface area contributed by atoms with Crippen LogP contribution in [0.3, 0.4) is 0 Å². The number of benzene rings is 2. The van der Waals surface area contributed by atoms with Crippen LogP contribution in [-0.4, -0.2) is 78.6 Å². The fourth-order valence-electron chi connectivity index (χ4n) is 9.62. The molecular weight excluding hydrogens is 607 g/mol. The molecule has 4 fully saturated rings. The van der Waals surface area contributed by atoms with Crippen LogP contribution in [0.25, 0.3) is 32.9 Å². The minimum absolute atomic E-state index is 0.00131. The summed E-state index contributed by atoms with van der Waals surface area (Å²) in [6, 6.07) is 12.0. The lowest BCUT2D eigenvalue weighted by Crippen LogP contribution is -2.51. The summed E-state index contributed by atoms with van der Waals surface area (Å²) >= 11 is 0. The van der Waals surface area contributed by atoms with E-state index in [2.05, 4.69) is 41.9 Å². The highest BCUT2D eigenvalue weighted by molar-refractivity contribution is 6.02. The number of piperazine rings is 1. The van der Waals surface area contributed by atoms with Crippen LogP contribution in [0.2, 0.25) is 0 Å². The van der Waals surface area contributed by atoms with Crippen molar-refractivity contribution in [3.8, 4) is 35.4 Å². The van der Waals surface area contributed by atoms with Crippen LogP contribution in [0.15, 0.2) is 48.8 Å². The molecule has 2 aromatic carbocycles. The Morgan fingerprint density at radius 2 is 2.00 bits per heavy atom. The summed E-state index contributed by atoms with van der Waals surface area (Å²) in [5.74, 6) is 3.26. The molecule has 10 nitrogen and oxygen atoms in total. The van der Waals surface area contributed by atoms with Crippen LogP contribution in [0.1, 0.15) is 49.4 Å². The predicted molar refractivity (Wildman–Crippen MR) is 179 cm³/mol. The molecular formula is C37H35FN8O2. The van der Waals surface area contributed by atoms with Gasteiger partial charge in [0.05, 0.1) is 22.7 Å². The minimum Gasteiger partial charge on any atom is -0.508 e. The zero-order chi connectivity index (χ0) is 32.1. The Kier molecular flexibility index (Phi) is 6.09.